The van der Waals surface area contributed by atoms with Crippen LogP contribution in [-0.4, -0.2) is 22.9 Å². The van der Waals surface area contributed by atoms with Crippen LogP contribution in [0.4, 0.5) is 5.69 Å². The topological polar surface area (TPSA) is 113 Å². The van der Waals surface area contributed by atoms with Gasteiger partial charge in [-0.05, 0) is 24.8 Å². The van der Waals surface area contributed by atoms with Gasteiger partial charge in [0.25, 0.3) is 5.69 Å². The van der Waals surface area contributed by atoms with Crippen molar-refractivity contribution in [3.05, 3.63) is 39.9 Å². The number of nitro groups is 1. The van der Waals surface area contributed by atoms with E-state index in [9.17, 15) is 19.7 Å². The van der Waals surface area contributed by atoms with Crippen molar-refractivity contribution in [3.8, 4) is 0 Å². The van der Waals surface area contributed by atoms with E-state index in [1.807, 2.05) is 0 Å². The summed E-state index contributed by atoms with van der Waals surface area (Å²) in [6.07, 6.45) is 3.62. The Morgan fingerprint density at radius 1 is 1.27 bits per heavy atom. The largest absolute Gasteiger partial charge is 0.392 e. The molecule has 1 fully saturated rings. The summed E-state index contributed by atoms with van der Waals surface area (Å²) in [4.78, 5) is 33.6. The van der Waals surface area contributed by atoms with Crippen molar-refractivity contribution in [2.24, 2.45) is 11.7 Å². The average Bonchev–Trinajstić information content (AvgIpc) is 3.02. The standard InChI is InChI=1S/C15H18N2O5/c16-13(9-10-5-7-12(8-6-10)17(20)21)15(19)22-14(18)11-3-1-2-4-11/h5-8,11,13H,1-4,9,16H2/t13-/m0/s1. The minimum absolute atomic E-state index is 0.0312. The fourth-order valence-electron chi connectivity index (χ4n) is 2.51. The molecule has 0 aliphatic heterocycles. The van der Waals surface area contributed by atoms with Crippen LogP contribution >= 0.6 is 0 Å². The van der Waals surface area contributed by atoms with E-state index >= 15 is 0 Å². The lowest BCUT2D eigenvalue weighted by Crippen LogP contribution is -2.36. The number of rotatable bonds is 5. The zero-order valence-corrected chi connectivity index (χ0v) is 12.1. The molecule has 1 aliphatic rings. The number of nitrogens with two attached hydrogens (primary N) is 1. The second-order valence-corrected chi connectivity index (χ2v) is 5.46. The molecule has 0 amide bonds. The Bertz CT molecular complexity index is 564. The third-order valence-corrected chi connectivity index (χ3v) is 3.80. The molecule has 1 aromatic carbocycles. The summed E-state index contributed by atoms with van der Waals surface area (Å²) in [5.74, 6) is -1.45. The van der Waals surface area contributed by atoms with Crippen LogP contribution in [-0.2, 0) is 20.7 Å². The summed E-state index contributed by atoms with van der Waals surface area (Å²) in [5, 5.41) is 10.6. The van der Waals surface area contributed by atoms with E-state index in [2.05, 4.69) is 0 Å². The molecule has 22 heavy (non-hydrogen) atoms. The van der Waals surface area contributed by atoms with Crippen molar-refractivity contribution < 1.29 is 19.2 Å². The fraction of sp³-hybridized carbons (Fsp3) is 0.467. The van der Waals surface area contributed by atoms with Crippen LogP contribution in [0.15, 0.2) is 24.3 Å². The van der Waals surface area contributed by atoms with Crippen LogP contribution in [0, 0.1) is 16.0 Å². The molecule has 2 N–H and O–H groups in total. The predicted molar refractivity (Wildman–Crippen MR) is 77.8 cm³/mol. The lowest BCUT2D eigenvalue weighted by atomic mass is 10.1. The monoisotopic (exact) mass is 306 g/mol. The lowest BCUT2D eigenvalue weighted by molar-refractivity contribution is -0.384. The van der Waals surface area contributed by atoms with Gasteiger partial charge in [0.15, 0.2) is 0 Å². The Morgan fingerprint density at radius 3 is 2.41 bits per heavy atom. The summed E-state index contributed by atoms with van der Waals surface area (Å²) < 4.78 is 4.82. The lowest BCUT2D eigenvalue weighted by Gasteiger charge is -2.12. The van der Waals surface area contributed by atoms with E-state index < -0.39 is 22.9 Å². The Hall–Kier alpha value is -2.28. The number of hydrogen-bond donors (Lipinski definition) is 1. The van der Waals surface area contributed by atoms with Gasteiger partial charge in [-0.15, -0.1) is 0 Å². The number of hydrogen-bond acceptors (Lipinski definition) is 6. The number of non-ortho nitro benzene ring substituents is 1. The van der Waals surface area contributed by atoms with Crippen molar-refractivity contribution in [3.63, 3.8) is 0 Å². The minimum atomic E-state index is -0.966. The average molecular weight is 306 g/mol. The first kappa shape index (κ1) is 16.1. The molecule has 1 atom stereocenters. The first-order chi connectivity index (χ1) is 10.5. The molecule has 0 spiro atoms. The van der Waals surface area contributed by atoms with E-state index in [1.165, 1.54) is 24.3 Å². The predicted octanol–water partition coefficient (Wildman–Crippen LogP) is 1.72. The molecule has 0 aromatic heterocycles. The number of nitro benzene ring substituents is 1. The van der Waals surface area contributed by atoms with Crippen LogP contribution in [0.25, 0.3) is 0 Å². The fourth-order valence-corrected chi connectivity index (χ4v) is 2.51. The molecule has 0 unspecified atom stereocenters. The van der Waals surface area contributed by atoms with Gasteiger partial charge in [0.05, 0.1) is 10.8 Å². The van der Waals surface area contributed by atoms with Crippen LogP contribution in [0.1, 0.15) is 31.2 Å². The smallest absolute Gasteiger partial charge is 0.330 e. The Balaban J connectivity index is 1.87. The van der Waals surface area contributed by atoms with Gasteiger partial charge in [-0.3, -0.25) is 14.9 Å². The molecule has 0 radical (unpaired) electrons. The SMILES string of the molecule is N[C@@H](Cc1ccc([N+](=O)[O-])cc1)C(=O)OC(=O)C1CCCC1. The van der Waals surface area contributed by atoms with Gasteiger partial charge in [-0.25, -0.2) is 4.79 Å². The van der Waals surface area contributed by atoms with E-state index in [4.69, 9.17) is 10.5 Å². The number of ether oxygens (including phenoxy) is 1. The van der Waals surface area contributed by atoms with E-state index in [0.717, 1.165) is 25.7 Å². The second-order valence-electron chi connectivity index (χ2n) is 5.46. The van der Waals surface area contributed by atoms with E-state index in [1.54, 1.807) is 0 Å². The van der Waals surface area contributed by atoms with Crippen LogP contribution in [0.3, 0.4) is 0 Å². The highest BCUT2D eigenvalue weighted by Crippen LogP contribution is 2.25. The highest BCUT2D eigenvalue weighted by Gasteiger charge is 2.28. The van der Waals surface area contributed by atoms with Crippen LogP contribution < -0.4 is 5.73 Å². The van der Waals surface area contributed by atoms with Gasteiger partial charge in [0, 0.05) is 12.1 Å². The Labute approximate surface area is 127 Å². The first-order valence-corrected chi connectivity index (χ1v) is 7.22. The van der Waals surface area contributed by atoms with E-state index in [0.29, 0.717) is 5.56 Å². The molecule has 118 valence electrons. The maximum atomic E-state index is 11.8. The molecular weight excluding hydrogens is 288 g/mol. The number of nitrogens with zero attached hydrogens (tertiary/aromatic N) is 1. The summed E-state index contributed by atoms with van der Waals surface area (Å²) >= 11 is 0. The number of carbonyl (C=O) groups excluding carboxylic acids is 2. The molecule has 1 aromatic rings. The van der Waals surface area contributed by atoms with Crippen molar-refractivity contribution in [2.45, 2.75) is 38.1 Å². The zero-order chi connectivity index (χ0) is 16.1. The van der Waals surface area contributed by atoms with E-state index in [-0.39, 0.29) is 18.0 Å². The van der Waals surface area contributed by atoms with Crippen molar-refractivity contribution in [1.29, 1.82) is 0 Å². The van der Waals surface area contributed by atoms with Gasteiger partial charge in [0.1, 0.15) is 6.04 Å². The molecule has 0 bridgehead atoms. The van der Waals surface area contributed by atoms with Crippen molar-refractivity contribution in [2.75, 3.05) is 0 Å². The third-order valence-electron chi connectivity index (χ3n) is 3.80. The Morgan fingerprint density at radius 2 is 1.86 bits per heavy atom. The summed E-state index contributed by atoms with van der Waals surface area (Å²) in [5.41, 5.74) is 6.37. The van der Waals surface area contributed by atoms with Crippen LogP contribution in [0.5, 0.6) is 0 Å². The highest BCUT2D eigenvalue weighted by molar-refractivity contribution is 5.89. The maximum Gasteiger partial charge on any atom is 0.330 e. The van der Waals surface area contributed by atoms with Gasteiger partial charge < -0.3 is 10.5 Å². The molecule has 7 heteroatoms. The molecule has 0 heterocycles. The Kier molecular flexibility index (Phi) is 5.21. The zero-order valence-electron chi connectivity index (χ0n) is 12.1. The minimum Gasteiger partial charge on any atom is -0.392 e. The molecule has 2 rings (SSSR count). The first-order valence-electron chi connectivity index (χ1n) is 7.22. The molecule has 1 saturated carbocycles. The normalized spacial score (nSPS) is 16.2. The van der Waals surface area contributed by atoms with Gasteiger partial charge in [0.2, 0.25) is 0 Å². The second kappa shape index (κ2) is 7.13. The number of esters is 2. The quantitative estimate of drug-likeness (QED) is 0.383. The van der Waals surface area contributed by atoms with Crippen molar-refractivity contribution >= 4 is 17.6 Å². The third kappa shape index (κ3) is 4.11. The highest BCUT2D eigenvalue weighted by atomic mass is 16.6. The maximum absolute atomic E-state index is 11.8. The van der Waals surface area contributed by atoms with Crippen molar-refractivity contribution in [1.82, 2.24) is 0 Å². The van der Waals surface area contributed by atoms with Gasteiger partial charge >= 0.3 is 11.9 Å². The molecule has 7 nitrogen and oxygen atoms in total. The molecule has 0 saturated heterocycles. The summed E-state index contributed by atoms with van der Waals surface area (Å²) in [6, 6.07) is 4.79. The van der Waals surface area contributed by atoms with Gasteiger partial charge in [-0.2, -0.15) is 0 Å². The molecule has 1 aliphatic carbocycles. The summed E-state index contributed by atoms with van der Waals surface area (Å²) in [7, 11) is 0. The number of benzene rings is 1. The number of carbonyl (C=O) groups is 2. The van der Waals surface area contributed by atoms with Crippen LogP contribution in [0.2, 0.25) is 0 Å². The van der Waals surface area contributed by atoms with Gasteiger partial charge in [-0.1, -0.05) is 25.0 Å². The summed E-state index contributed by atoms with van der Waals surface area (Å²) in [6.45, 7) is 0. The molecular formula is C15H18N2O5.